The van der Waals surface area contributed by atoms with Gasteiger partial charge in [0.15, 0.2) is 5.76 Å². The molecule has 4 nitrogen and oxygen atoms in total. The first-order valence-corrected chi connectivity index (χ1v) is 6.73. The van der Waals surface area contributed by atoms with Gasteiger partial charge in [0.1, 0.15) is 5.69 Å². The number of hydrogen-bond acceptors (Lipinski definition) is 3. The molecule has 0 radical (unpaired) electrons. The average Bonchev–Trinajstić information content (AvgIpc) is 2.72. The second kappa shape index (κ2) is 4.20. The van der Waals surface area contributed by atoms with Crippen molar-refractivity contribution in [1.29, 1.82) is 0 Å². The molecule has 0 aromatic carbocycles. The lowest BCUT2D eigenvalue weighted by atomic mass is 9.91. The molecule has 1 aromatic rings. The van der Waals surface area contributed by atoms with Crippen molar-refractivity contribution < 1.29 is 14.3 Å². The zero-order valence-electron chi connectivity index (χ0n) is 12.2. The van der Waals surface area contributed by atoms with Crippen LogP contribution in [0.4, 0.5) is 0 Å². The standard InChI is InChI=1S/C16H17NO3/c1-8-6-5-7-17-12(8)9(2)11-13(17)14(18)10(3)16(20-4)15(11)19/h6H,5,7H2,1-4H3. The van der Waals surface area contributed by atoms with Gasteiger partial charge in [-0.05, 0) is 38.3 Å². The fourth-order valence-electron chi connectivity index (χ4n) is 3.31. The number of ketones is 2. The van der Waals surface area contributed by atoms with Gasteiger partial charge in [-0.1, -0.05) is 6.08 Å². The topological polar surface area (TPSA) is 48.3 Å². The van der Waals surface area contributed by atoms with Gasteiger partial charge in [-0.25, -0.2) is 0 Å². The van der Waals surface area contributed by atoms with Crippen molar-refractivity contribution in [2.24, 2.45) is 0 Å². The van der Waals surface area contributed by atoms with E-state index < -0.39 is 0 Å². The first-order chi connectivity index (χ1) is 9.49. The molecule has 0 saturated heterocycles. The Morgan fingerprint density at radius 3 is 2.45 bits per heavy atom. The summed E-state index contributed by atoms with van der Waals surface area (Å²) in [6.45, 7) is 6.34. The Balaban J connectivity index is 2.35. The summed E-state index contributed by atoms with van der Waals surface area (Å²) in [6.07, 6.45) is 3.04. The Labute approximate surface area is 117 Å². The number of carbonyl (C=O) groups is 2. The molecule has 3 rings (SSSR count). The normalized spacial score (nSPS) is 17.9. The maximum absolute atomic E-state index is 12.6. The predicted molar refractivity (Wildman–Crippen MR) is 75.8 cm³/mol. The summed E-state index contributed by atoms with van der Waals surface area (Å²) in [6, 6.07) is 0. The van der Waals surface area contributed by atoms with Crippen molar-refractivity contribution in [3.63, 3.8) is 0 Å². The van der Waals surface area contributed by atoms with Gasteiger partial charge >= 0.3 is 0 Å². The van der Waals surface area contributed by atoms with Gasteiger partial charge in [0.25, 0.3) is 0 Å². The van der Waals surface area contributed by atoms with Gasteiger partial charge in [-0.2, -0.15) is 0 Å². The molecule has 20 heavy (non-hydrogen) atoms. The summed E-state index contributed by atoms with van der Waals surface area (Å²) in [4.78, 5) is 25.2. The summed E-state index contributed by atoms with van der Waals surface area (Å²) in [5, 5.41) is 0. The van der Waals surface area contributed by atoms with Gasteiger partial charge in [0.05, 0.1) is 12.7 Å². The fourth-order valence-corrected chi connectivity index (χ4v) is 3.31. The largest absolute Gasteiger partial charge is 0.492 e. The molecule has 0 spiro atoms. The van der Waals surface area contributed by atoms with E-state index in [-0.39, 0.29) is 17.3 Å². The average molecular weight is 271 g/mol. The number of rotatable bonds is 1. The highest BCUT2D eigenvalue weighted by atomic mass is 16.5. The molecule has 0 saturated carbocycles. The van der Waals surface area contributed by atoms with Crippen molar-refractivity contribution >= 4 is 17.1 Å². The van der Waals surface area contributed by atoms with Gasteiger partial charge in [-0.3, -0.25) is 9.59 Å². The second-order valence-electron chi connectivity index (χ2n) is 5.34. The number of hydrogen-bond donors (Lipinski definition) is 0. The minimum atomic E-state index is -0.174. The Kier molecular flexibility index (Phi) is 2.71. The van der Waals surface area contributed by atoms with E-state index in [9.17, 15) is 9.59 Å². The molecule has 2 heterocycles. The molecule has 1 aliphatic carbocycles. The van der Waals surface area contributed by atoms with Crippen LogP contribution < -0.4 is 0 Å². The van der Waals surface area contributed by atoms with Crippen LogP contribution in [0.5, 0.6) is 0 Å². The van der Waals surface area contributed by atoms with Crippen LogP contribution in [0.1, 0.15) is 52.4 Å². The van der Waals surface area contributed by atoms with Crippen LogP contribution in [0.2, 0.25) is 0 Å². The Morgan fingerprint density at radius 1 is 1.10 bits per heavy atom. The van der Waals surface area contributed by atoms with Crippen molar-refractivity contribution in [3.8, 4) is 0 Å². The summed E-state index contributed by atoms with van der Waals surface area (Å²) in [7, 11) is 1.44. The molecule has 0 unspecified atom stereocenters. The molecule has 0 amide bonds. The molecule has 1 aliphatic heterocycles. The van der Waals surface area contributed by atoms with Crippen LogP contribution in [-0.4, -0.2) is 23.2 Å². The number of methoxy groups -OCH3 is 1. The van der Waals surface area contributed by atoms with E-state index in [0.717, 1.165) is 29.8 Å². The molecule has 0 bridgehead atoms. The lowest BCUT2D eigenvalue weighted by Gasteiger charge is -2.20. The smallest absolute Gasteiger partial charge is 0.230 e. The molecule has 4 heteroatoms. The third kappa shape index (κ3) is 1.42. The zero-order valence-corrected chi connectivity index (χ0v) is 12.2. The summed E-state index contributed by atoms with van der Waals surface area (Å²) < 4.78 is 7.14. The second-order valence-corrected chi connectivity index (χ2v) is 5.34. The van der Waals surface area contributed by atoms with Crippen LogP contribution >= 0.6 is 0 Å². The Morgan fingerprint density at radius 2 is 1.80 bits per heavy atom. The number of aromatic nitrogens is 1. The van der Waals surface area contributed by atoms with Crippen molar-refractivity contribution in [2.45, 2.75) is 33.7 Å². The van der Waals surface area contributed by atoms with Gasteiger partial charge in [0.2, 0.25) is 11.6 Å². The Hall–Kier alpha value is -2.10. The van der Waals surface area contributed by atoms with Crippen LogP contribution in [0.25, 0.3) is 5.57 Å². The van der Waals surface area contributed by atoms with Gasteiger partial charge in [-0.15, -0.1) is 0 Å². The molecule has 2 aliphatic rings. The minimum absolute atomic E-state index is 0.0968. The molecule has 0 N–H and O–H groups in total. The first-order valence-electron chi connectivity index (χ1n) is 6.73. The van der Waals surface area contributed by atoms with Crippen LogP contribution in [-0.2, 0) is 11.3 Å². The highest BCUT2D eigenvalue weighted by Gasteiger charge is 2.38. The van der Waals surface area contributed by atoms with Crippen molar-refractivity contribution in [3.05, 3.63) is 39.9 Å². The van der Waals surface area contributed by atoms with Crippen LogP contribution in [0.3, 0.4) is 0 Å². The maximum Gasteiger partial charge on any atom is 0.230 e. The minimum Gasteiger partial charge on any atom is -0.492 e. The molecule has 0 atom stereocenters. The zero-order chi connectivity index (χ0) is 14.6. The van der Waals surface area contributed by atoms with Crippen molar-refractivity contribution in [1.82, 2.24) is 4.57 Å². The number of carbonyl (C=O) groups excluding carboxylic acids is 2. The summed E-state index contributed by atoms with van der Waals surface area (Å²) in [5.41, 5.74) is 4.47. The number of nitrogens with zero attached hydrogens (tertiary/aromatic N) is 1. The highest BCUT2D eigenvalue weighted by molar-refractivity contribution is 6.26. The third-order valence-electron chi connectivity index (χ3n) is 4.22. The van der Waals surface area contributed by atoms with E-state index in [1.807, 2.05) is 18.4 Å². The van der Waals surface area contributed by atoms with E-state index >= 15 is 0 Å². The summed E-state index contributed by atoms with van der Waals surface area (Å²) in [5.74, 6) is -0.0949. The Bertz CT molecular complexity index is 717. The molecular weight excluding hydrogens is 254 g/mol. The fraction of sp³-hybridized carbons (Fsp3) is 0.375. The highest BCUT2D eigenvalue weighted by Crippen LogP contribution is 2.37. The van der Waals surface area contributed by atoms with Gasteiger partial charge in [0, 0.05) is 17.8 Å². The monoisotopic (exact) mass is 271 g/mol. The lowest BCUT2D eigenvalue weighted by Crippen LogP contribution is -2.24. The van der Waals surface area contributed by atoms with Crippen molar-refractivity contribution in [2.75, 3.05) is 7.11 Å². The number of fused-ring (bicyclic) bond motifs is 3. The van der Waals surface area contributed by atoms with E-state index in [4.69, 9.17) is 4.74 Å². The van der Waals surface area contributed by atoms with E-state index in [2.05, 4.69) is 6.08 Å². The van der Waals surface area contributed by atoms with Crippen LogP contribution in [0, 0.1) is 6.92 Å². The van der Waals surface area contributed by atoms with Crippen LogP contribution in [0.15, 0.2) is 17.4 Å². The molecule has 0 fully saturated rings. The summed E-state index contributed by atoms with van der Waals surface area (Å²) >= 11 is 0. The van der Waals surface area contributed by atoms with E-state index in [1.54, 1.807) is 6.92 Å². The number of allylic oxidation sites excluding steroid dienone is 4. The van der Waals surface area contributed by atoms with E-state index in [0.29, 0.717) is 16.8 Å². The predicted octanol–water partition coefficient (Wildman–Crippen LogP) is 2.90. The lowest BCUT2D eigenvalue weighted by molar-refractivity contribution is 0.0902. The quantitative estimate of drug-likeness (QED) is 0.789. The first kappa shape index (κ1) is 12.9. The third-order valence-corrected chi connectivity index (χ3v) is 4.22. The molecule has 104 valence electrons. The number of Topliss-reactive ketones (excluding diaryl/α,β-unsaturated/α-hetero) is 2. The molecular formula is C16H17NO3. The van der Waals surface area contributed by atoms with Gasteiger partial charge < -0.3 is 9.30 Å². The van der Waals surface area contributed by atoms with E-state index in [1.165, 1.54) is 7.11 Å². The molecule has 1 aromatic heterocycles. The SMILES string of the molecule is COC1=C(C)C(=O)c2c(c(C)c3n2CCC=C3C)C1=O. The maximum atomic E-state index is 12.6. The number of ether oxygens (including phenoxy) is 1.